The van der Waals surface area contributed by atoms with Crippen LogP contribution in [-0.4, -0.2) is 23.3 Å². The summed E-state index contributed by atoms with van der Waals surface area (Å²) >= 11 is 6.39. The normalized spacial score (nSPS) is 18.5. The first kappa shape index (κ1) is 26.4. The van der Waals surface area contributed by atoms with Gasteiger partial charge in [0.1, 0.15) is 5.82 Å². The highest BCUT2D eigenvalue weighted by Crippen LogP contribution is 2.26. The minimum atomic E-state index is -1.10. The van der Waals surface area contributed by atoms with Crippen LogP contribution in [0.1, 0.15) is 57.9 Å². The molecule has 9 heteroatoms. The molecule has 0 bridgehead atoms. The third-order valence-corrected chi connectivity index (χ3v) is 5.89. The average molecular weight is 499 g/mol. The van der Waals surface area contributed by atoms with Crippen LogP contribution in [0.3, 0.4) is 0 Å². The highest BCUT2D eigenvalue weighted by molar-refractivity contribution is 6.31. The van der Waals surface area contributed by atoms with Gasteiger partial charge in [0.15, 0.2) is 6.23 Å². The second kappa shape index (κ2) is 11.5. The van der Waals surface area contributed by atoms with E-state index >= 15 is 0 Å². The summed E-state index contributed by atoms with van der Waals surface area (Å²) < 4.78 is 0. The number of hydrogen-bond acceptors (Lipinski definition) is 7. The van der Waals surface area contributed by atoms with Crippen LogP contribution >= 0.6 is 11.6 Å². The van der Waals surface area contributed by atoms with Gasteiger partial charge >= 0.3 is 0 Å². The fourth-order valence-corrected chi connectivity index (χ4v) is 4.01. The van der Waals surface area contributed by atoms with Crippen LogP contribution in [0.2, 0.25) is 5.02 Å². The van der Waals surface area contributed by atoms with Crippen molar-refractivity contribution in [1.29, 1.82) is 5.41 Å². The highest BCUT2D eigenvalue weighted by atomic mass is 35.5. The Morgan fingerprint density at radius 3 is 2.74 bits per heavy atom. The largest absolute Gasteiger partial charge is 0.369 e. The monoisotopic (exact) mass is 498 g/mol. The number of halogens is 1. The van der Waals surface area contributed by atoms with Gasteiger partial charge in [-0.15, -0.1) is 0 Å². The van der Waals surface area contributed by atoms with E-state index in [1.807, 2.05) is 58.1 Å². The molecule has 7 N–H and O–H groups in total. The molecule has 35 heavy (non-hydrogen) atoms. The Bertz CT molecular complexity index is 1080. The lowest BCUT2D eigenvalue weighted by Gasteiger charge is -2.29. The van der Waals surface area contributed by atoms with Gasteiger partial charge in [-0.05, 0) is 54.7 Å². The number of aliphatic hydroxyl groups is 1. The van der Waals surface area contributed by atoms with E-state index in [0.29, 0.717) is 41.2 Å². The van der Waals surface area contributed by atoms with Gasteiger partial charge in [-0.2, -0.15) is 0 Å². The summed E-state index contributed by atoms with van der Waals surface area (Å²) in [4.78, 5) is 12.2. The van der Waals surface area contributed by atoms with Crippen molar-refractivity contribution in [3.8, 4) is 0 Å². The smallest absolute Gasteiger partial charge is 0.220 e. The first-order valence-electron chi connectivity index (χ1n) is 11.6. The minimum Gasteiger partial charge on any atom is -0.369 e. The number of aliphatic hydroxyl groups excluding tert-OH is 1. The van der Waals surface area contributed by atoms with Gasteiger partial charge in [-0.3, -0.25) is 10.2 Å². The maximum absolute atomic E-state index is 12.2. The second-order valence-electron chi connectivity index (χ2n) is 9.95. The van der Waals surface area contributed by atoms with Crippen molar-refractivity contribution in [3.63, 3.8) is 0 Å². The molecule has 2 aliphatic rings. The SMILES string of the molecule is CC1=CC=C(NC2CC=CC(N[C@@H](O)c3cc(CNC(=O)CC(C)(C)C)ccc3Cl)=C2C=N)NN1. The summed E-state index contributed by atoms with van der Waals surface area (Å²) in [7, 11) is 0. The van der Waals surface area contributed by atoms with Gasteiger partial charge in [0.25, 0.3) is 0 Å². The molecule has 188 valence electrons. The Morgan fingerprint density at radius 1 is 1.31 bits per heavy atom. The molecule has 1 heterocycles. The summed E-state index contributed by atoms with van der Waals surface area (Å²) in [6.07, 6.45) is 9.04. The lowest BCUT2D eigenvalue weighted by atomic mass is 9.92. The van der Waals surface area contributed by atoms with Gasteiger partial charge in [0.2, 0.25) is 5.91 Å². The quantitative estimate of drug-likeness (QED) is 0.206. The summed E-state index contributed by atoms with van der Waals surface area (Å²) in [6.45, 7) is 8.35. The number of amides is 1. The molecule has 0 saturated heterocycles. The van der Waals surface area contributed by atoms with E-state index in [1.165, 1.54) is 6.21 Å². The molecule has 1 aliphatic heterocycles. The van der Waals surface area contributed by atoms with Crippen LogP contribution in [0.15, 0.2) is 65.3 Å². The Balaban J connectivity index is 1.71. The Kier molecular flexibility index (Phi) is 8.64. The van der Waals surface area contributed by atoms with E-state index in [4.69, 9.17) is 17.0 Å². The summed E-state index contributed by atoms with van der Waals surface area (Å²) in [5.74, 6) is 0.766. The Morgan fingerprint density at radius 2 is 2.09 bits per heavy atom. The Hall–Kier alpha value is -3.23. The number of rotatable bonds is 9. The molecule has 8 nitrogen and oxygen atoms in total. The van der Waals surface area contributed by atoms with E-state index in [9.17, 15) is 9.90 Å². The van der Waals surface area contributed by atoms with E-state index < -0.39 is 6.23 Å². The van der Waals surface area contributed by atoms with Gasteiger partial charge in [0.05, 0.1) is 6.04 Å². The molecule has 1 aliphatic carbocycles. The zero-order valence-corrected chi connectivity index (χ0v) is 21.4. The molecule has 0 saturated carbocycles. The van der Waals surface area contributed by atoms with Crippen molar-refractivity contribution in [1.82, 2.24) is 26.8 Å². The maximum Gasteiger partial charge on any atom is 0.220 e. The summed E-state index contributed by atoms with van der Waals surface area (Å²) in [5.41, 5.74) is 9.71. The zero-order chi connectivity index (χ0) is 25.6. The standard InChI is InChI=1S/C26H35ClN6O2/c1-16-8-11-23(33-32-16)30-21-6-5-7-22(19(21)14-28)31-25(35)18-12-17(9-10-20(18)27)15-29-24(34)13-26(2,3)4/h5,7-12,14,21,25,28,30-33,35H,6,13,15H2,1-4H3,(H,29,34)/t21?,25-/m0/s1. The first-order chi connectivity index (χ1) is 16.6. The van der Waals surface area contributed by atoms with E-state index in [1.54, 1.807) is 12.1 Å². The highest BCUT2D eigenvalue weighted by Gasteiger charge is 2.22. The molecular weight excluding hydrogens is 464 g/mol. The average Bonchev–Trinajstić information content (AvgIpc) is 2.79. The van der Waals surface area contributed by atoms with Crippen LogP contribution in [-0.2, 0) is 11.3 Å². The van der Waals surface area contributed by atoms with Crippen LogP contribution in [0.5, 0.6) is 0 Å². The third kappa shape index (κ3) is 7.63. The zero-order valence-electron chi connectivity index (χ0n) is 20.6. The molecule has 0 fully saturated rings. The minimum absolute atomic E-state index is 0.0252. The number of benzene rings is 1. The van der Waals surface area contributed by atoms with Gasteiger partial charge in [-0.25, -0.2) is 0 Å². The van der Waals surface area contributed by atoms with Crippen molar-refractivity contribution in [2.24, 2.45) is 5.41 Å². The molecule has 0 aromatic heterocycles. The van der Waals surface area contributed by atoms with Crippen LogP contribution < -0.4 is 26.8 Å². The van der Waals surface area contributed by atoms with E-state index in [2.05, 4.69) is 26.8 Å². The molecule has 0 radical (unpaired) electrons. The first-order valence-corrected chi connectivity index (χ1v) is 12.0. The number of allylic oxidation sites excluding steroid dienone is 4. The van der Waals surface area contributed by atoms with Crippen molar-refractivity contribution >= 4 is 23.7 Å². The topological polar surface area (TPSA) is 121 Å². The molecule has 1 aromatic rings. The number of hydrazine groups is 1. The van der Waals surface area contributed by atoms with Crippen molar-refractivity contribution in [3.05, 3.63) is 81.4 Å². The molecule has 1 aromatic carbocycles. The Labute approximate surface area is 212 Å². The van der Waals surface area contributed by atoms with E-state index in [0.717, 1.165) is 17.1 Å². The summed E-state index contributed by atoms with van der Waals surface area (Å²) in [6, 6.07) is 5.16. The molecule has 2 atom stereocenters. The van der Waals surface area contributed by atoms with Gasteiger partial charge in [-0.1, -0.05) is 44.5 Å². The van der Waals surface area contributed by atoms with Crippen molar-refractivity contribution in [2.45, 2.75) is 59.4 Å². The molecular formula is C26H35ClN6O2. The predicted molar refractivity (Wildman–Crippen MR) is 140 cm³/mol. The number of carbonyl (C=O) groups excluding carboxylic acids is 1. The van der Waals surface area contributed by atoms with Gasteiger partial charge < -0.3 is 31.9 Å². The molecule has 1 amide bonds. The molecule has 1 unspecified atom stereocenters. The molecule has 0 spiro atoms. The fourth-order valence-electron chi connectivity index (χ4n) is 3.79. The van der Waals surface area contributed by atoms with Crippen molar-refractivity contribution < 1.29 is 9.90 Å². The third-order valence-electron chi connectivity index (χ3n) is 5.55. The number of carbonyl (C=O) groups is 1. The predicted octanol–water partition coefficient (Wildman–Crippen LogP) is 3.65. The second-order valence-corrected chi connectivity index (χ2v) is 10.4. The fraction of sp³-hybridized carbons (Fsp3) is 0.385. The molecule has 3 rings (SSSR count). The van der Waals surface area contributed by atoms with Crippen LogP contribution in [0, 0.1) is 10.8 Å². The number of hydrogen-bond donors (Lipinski definition) is 7. The van der Waals surface area contributed by atoms with Crippen LogP contribution in [0.25, 0.3) is 0 Å². The summed E-state index contributed by atoms with van der Waals surface area (Å²) in [5, 5.41) is 28.8. The van der Waals surface area contributed by atoms with E-state index in [-0.39, 0.29) is 17.4 Å². The lowest BCUT2D eigenvalue weighted by Crippen LogP contribution is -2.44. The lowest BCUT2D eigenvalue weighted by molar-refractivity contribution is -0.122. The van der Waals surface area contributed by atoms with Crippen molar-refractivity contribution in [2.75, 3.05) is 0 Å². The van der Waals surface area contributed by atoms with Crippen LogP contribution in [0.4, 0.5) is 0 Å². The van der Waals surface area contributed by atoms with Gasteiger partial charge in [0, 0.05) is 46.7 Å². The number of nitrogens with one attached hydrogen (secondary N) is 6. The maximum atomic E-state index is 12.2.